The van der Waals surface area contributed by atoms with Crippen molar-refractivity contribution < 1.29 is 14.7 Å². The van der Waals surface area contributed by atoms with Crippen LogP contribution in [0.15, 0.2) is 23.3 Å². The van der Waals surface area contributed by atoms with Crippen LogP contribution in [0.2, 0.25) is 0 Å². The Morgan fingerprint density at radius 3 is 2.69 bits per heavy atom. The number of alkyl halides is 2. The average Bonchev–Trinajstić information content (AvgIpc) is 2.92. The first-order chi connectivity index (χ1) is 12.2. The lowest BCUT2D eigenvalue weighted by Crippen LogP contribution is -2.50. The second kappa shape index (κ2) is 6.65. The Kier molecular flexibility index (Phi) is 5.00. The van der Waals surface area contributed by atoms with Gasteiger partial charge in [-0.05, 0) is 62.4 Å². The number of hydrogen-bond acceptors (Lipinski definition) is 3. The van der Waals surface area contributed by atoms with Crippen molar-refractivity contribution in [3.63, 3.8) is 0 Å². The summed E-state index contributed by atoms with van der Waals surface area (Å²) in [5.74, 6) is 1.58. The summed E-state index contributed by atoms with van der Waals surface area (Å²) in [4.78, 5) is 24.8. The van der Waals surface area contributed by atoms with Gasteiger partial charge in [0.1, 0.15) is 1.93 Å². The van der Waals surface area contributed by atoms with Crippen LogP contribution >= 0.6 is 45.2 Å². The number of halogens is 2. The molecule has 1 unspecified atom stereocenters. The van der Waals surface area contributed by atoms with Crippen molar-refractivity contribution in [1.29, 1.82) is 0 Å². The molecule has 0 aromatic carbocycles. The maximum Gasteiger partial charge on any atom is 0.159 e. The molecule has 0 saturated heterocycles. The van der Waals surface area contributed by atoms with Crippen LogP contribution in [0.5, 0.6) is 0 Å². The Morgan fingerprint density at radius 2 is 2.00 bits per heavy atom. The molecule has 0 aliphatic heterocycles. The highest BCUT2D eigenvalue weighted by Crippen LogP contribution is 2.64. The van der Waals surface area contributed by atoms with Crippen molar-refractivity contribution in [3.8, 4) is 0 Å². The molecule has 0 radical (unpaired) electrons. The van der Waals surface area contributed by atoms with Gasteiger partial charge in [0.15, 0.2) is 11.6 Å². The molecule has 5 heteroatoms. The molecule has 1 N–H and O–H groups in total. The fraction of sp³-hybridized carbons (Fsp3) is 0.714. The van der Waals surface area contributed by atoms with Gasteiger partial charge in [-0.3, -0.25) is 9.59 Å². The molecule has 0 aromatic rings. The molecule has 0 bridgehead atoms. The number of carbonyl (C=O) groups excluding carboxylic acids is 2. The van der Waals surface area contributed by atoms with Gasteiger partial charge in [-0.2, -0.15) is 0 Å². The van der Waals surface area contributed by atoms with Crippen LogP contribution in [0.1, 0.15) is 52.4 Å². The lowest BCUT2D eigenvalue weighted by Gasteiger charge is -2.54. The van der Waals surface area contributed by atoms with E-state index >= 15 is 0 Å². The third-order valence-corrected chi connectivity index (χ3v) is 9.23. The molecule has 2 fully saturated rings. The summed E-state index contributed by atoms with van der Waals surface area (Å²) < 4.78 is 0.0424. The van der Waals surface area contributed by atoms with Crippen LogP contribution in [0.4, 0.5) is 0 Å². The summed E-state index contributed by atoms with van der Waals surface area (Å²) >= 11 is 4.49. The van der Waals surface area contributed by atoms with Gasteiger partial charge in [-0.25, -0.2) is 0 Å². The normalized spacial score (nSPS) is 44.8. The first-order valence-corrected chi connectivity index (χ1v) is 12.1. The third kappa shape index (κ3) is 2.65. The van der Waals surface area contributed by atoms with Crippen molar-refractivity contribution in [2.75, 3.05) is 0 Å². The van der Waals surface area contributed by atoms with Gasteiger partial charge in [0.2, 0.25) is 0 Å². The van der Waals surface area contributed by atoms with Crippen molar-refractivity contribution in [2.45, 2.75) is 60.4 Å². The molecule has 0 aromatic heterocycles. The molecule has 4 rings (SSSR count). The van der Waals surface area contributed by atoms with E-state index in [2.05, 4.69) is 65.1 Å². The summed E-state index contributed by atoms with van der Waals surface area (Å²) in [5.41, 5.74) is 2.14. The number of carbonyl (C=O) groups is 2. The topological polar surface area (TPSA) is 54.4 Å². The van der Waals surface area contributed by atoms with Crippen LogP contribution in [0.25, 0.3) is 0 Å². The molecule has 0 amide bonds. The van der Waals surface area contributed by atoms with E-state index in [0.29, 0.717) is 17.6 Å². The van der Waals surface area contributed by atoms with E-state index in [0.717, 1.165) is 37.7 Å². The Morgan fingerprint density at radius 1 is 1.27 bits per heavy atom. The van der Waals surface area contributed by atoms with E-state index in [1.165, 1.54) is 5.57 Å². The minimum absolute atomic E-state index is 0.0424. The van der Waals surface area contributed by atoms with E-state index in [-0.39, 0.29) is 30.9 Å². The van der Waals surface area contributed by atoms with E-state index < -0.39 is 6.10 Å². The van der Waals surface area contributed by atoms with Gasteiger partial charge in [-0.1, -0.05) is 69.3 Å². The summed E-state index contributed by atoms with van der Waals surface area (Å²) in [6.45, 7) is 4.46. The van der Waals surface area contributed by atoms with Crippen LogP contribution in [0.3, 0.4) is 0 Å². The molecule has 0 heterocycles. The molecule has 3 nitrogen and oxygen atoms in total. The van der Waals surface area contributed by atoms with Crippen molar-refractivity contribution in [3.05, 3.63) is 23.3 Å². The molecule has 0 spiro atoms. The smallest absolute Gasteiger partial charge is 0.159 e. The van der Waals surface area contributed by atoms with E-state index in [9.17, 15) is 14.7 Å². The van der Waals surface area contributed by atoms with Gasteiger partial charge in [0.25, 0.3) is 0 Å². The zero-order valence-corrected chi connectivity index (χ0v) is 19.6. The second-order valence-electron chi connectivity index (χ2n) is 9.01. The minimum Gasteiger partial charge on any atom is -0.391 e. The molecule has 4 aliphatic carbocycles. The standard InChI is InChI=1S/C21H26I2O3/c1-20-8-7-15-13(14(20)5-6-16(20)18(26)19(22)23)4-3-11-9-12(24)10-17(25)21(11,15)2/h7,9,13-14,16-17,19,25H,3-6,8,10H2,1-2H3/t13-,14-,16+,17?,20-,21-/m0/s1. The highest BCUT2D eigenvalue weighted by Gasteiger charge is 2.59. The van der Waals surface area contributed by atoms with E-state index in [1.54, 1.807) is 6.08 Å². The summed E-state index contributed by atoms with van der Waals surface area (Å²) in [6.07, 6.45) is 8.74. The number of hydrogen-bond donors (Lipinski definition) is 1. The lowest BCUT2D eigenvalue weighted by molar-refractivity contribution is -0.125. The summed E-state index contributed by atoms with van der Waals surface area (Å²) in [6, 6.07) is 0. The van der Waals surface area contributed by atoms with Crippen LogP contribution < -0.4 is 0 Å². The predicted octanol–water partition coefficient (Wildman–Crippen LogP) is 4.79. The lowest BCUT2D eigenvalue weighted by atomic mass is 9.50. The van der Waals surface area contributed by atoms with Crippen LogP contribution in [-0.4, -0.2) is 24.7 Å². The highest BCUT2D eigenvalue weighted by atomic mass is 127. The van der Waals surface area contributed by atoms with Crippen molar-refractivity contribution in [1.82, 2.24) is 0 Å². The van der Waals surface area contributed by atoms with Gasteiger partial charge < -0.3 is 5.11 Å². The maximum absolute atomic E-state index is 12.8. The number of rotatable bonds is 2. The number of Topliss-reactive ketones (excluding diaryl/α,β-unsaturated/α-hetero) is 1. The van der Waals surface area contributed by atoms with E-state index in [4.69, 9.17) is 0 Å². The van der Waals surface area contributed by atoms with Gasteiger partial charge in [0.05, 0.1) is 6.10 Å². The van der Waals surface area contributed by atoms with Crippen molar-refractivity contribution in [2.24, 2.45) is 28.6 Å². The quantitative estimate of drug-likeness (QED) is 0.291. The largest absolute Gasteiger partial charge is 0.391 e. The summed E-state index contributed by atoms with van der Waals surface area (Å²) in [7, 11) is 0. The average molecular weight is 580 g/mol. The number of allylic oxidation sites excluding steroid dienone is 2. The van der Waals surface area contributed by atoms with Crippen molar-refractivity contribution >= 4 is 56.7 Å². The second-order valence-corrected chi connectivity index (χ2v) is 13.9. The number of fused-ring (bicyclic) bond motifs is 5. The van der Waals surface area contributed by atoms with Gasteiger partial charge in [-0.15, -0.1) is 0 Å². The fourth-order valence-corrected chi connectivity index (χ4v) is 7.39. The SMILES string of the molecule is C[C@@]12C(=CC(=O)CC1O)CC[C@@H]1C2=CC[C@]2(C)[C@@H](C(=O)C(I)I)CC[C@@H]12. The van der Waals surface area contributed by atoms with Crippen LogP contribution in [-0.2, 0) is 9.59 Å². The molecule has 26 heavy (non-hydrogen) atoms. The number of aliphatic hydroxyl groups is 1. The highest BCUT2D eigenvalue weighted by molar-refractivity contribution is 14.2. The molecule has 2 saturated carbocycles. The van der Waals surface area contributed by atoms with Gasteiger partial charge in [0, 0.05) is 17.8 Å². The zero-order valence-electron chi connectivity index (χ0n) is 15.3. The first kappa shape index (κ1) is 19.6. The Hall–Kier alpha value is 0.240. The minimum atomic E-state index is -0.611. The van der Waals surface area contributed by atoms with Gasteiger partial charge >= 0.3 is 0 Å². The molecule has 6 atom stereocenters. The molecular formula is C21H26I2O3. The number of aliphatic hydroxyl groups excluding tert-OH is 1. The molecule has 142 valence electrons. The first-order valence-electron chi connectivity index (χ1n) is 9.64. The fourth-order valence-electron chi connectivity index (χ4n) is 6.52. The molecule has 4 aliphatic rings. The summed E-state index contributed by atoms with van der Waals surface area (Å²) in [5, 5.41) is 10.8. The Balaban J connectivity index is 1.73. The third-order valence-electron chi connectivity index (χ3n) is 8.00. The Bertz CT molecular complexity index is 725. The monoisotopic (exact) mass is 580 g/mol. The molecular weight excluding hydrogens is 554 g/mol. The number of ketones is 2. The van der Waals surface area contributed by atoms with Crippen LogP contribution in [0, 0.1) is 28.6 Å². The zero-order chi connectivity index (χ0) is 18.9. The maximum atomic E-state index is 12.8. The Labute approximate surface area is 182 Å². The van der Waals surface area contributed by atoms with E-state index in [1.807, 2.05) is 0 Å². The predicted molar refractivity (Wildman–Crippen MR) is 118 cm³/mol.